The van der Waals surface area contributed by atoms with E-state index in [0.717, 1.165) is 4.90 Å². The molecule has 4 rings (SSSR count). The molecule has 0 aliphatic carbocycles. The van der Waals surface area contributed by atoms with E-state index in [2.05, 4.69) is 16.0 Å². The van der Waals surface area contributed by atoms with Crippen LogP contribution in [0.1, 0.15) is 15.9 Å². The van der Waals surface area contributed by atoms with Crippen LogP contribution in [-0.2, 0) is 9.59 Å². The van der Waals surface area contributed by atoms with Crippen molar-refractivity contribution in [3.8, 4) is 11.5 Å². The second kappa shape index (κ2) is 15.2. The zero-order valence-electron chi connectivity index (χ0n) is 23.2. The standard InChI is InChI=1S/C32H27Cl2N3O5S/c1-41-24-11-15-29(42-2)21(16-24)17-28(37-31(39)20-6-4-3-5-7-20)32(40)35-23-9-12-25(13-10-23)43-19-30(38)36-27-14-8-22(33)18-26(27)34/h3-18H,19H2,1-2H3,(H,35,40)(H,36,38)(H,37,39)/b28-17-. The quantitative estimate of drug-likeness (QED) is 0.119. The largest absolute Gasteiger partial charge is 0.497 e. The van der Waals surface area contributed by atoms with Gasteiger partial charge >= 0.3 is 0 Å². The van der Waals surface area contributed by atoms with Crippen molar-refractivity contribution in [3.05, 3.63) is 118 Å². The second-order valence-electron chi connectivity index (χ2n) is 8.93. The summed E-state index contributed by atoms with van der Waals surface area (Å²) in [5.74, 6) is -0.0417. The molecule has 8 nitrogen and oxygen atoms in total. The maximum absolute atomic E-state index is 13.4. The number of methoxy groups -OCH3 is 2. The zero-order chi connectivity index (χ0) is 30.8. The number of carbonyl (C=O) groups is 3. The van der Waals surface area contributed by atoms with Gasteiger partial charge < -0.3 is 25.4 Å². The highest BCUT2D eigenvalue weighted by atomic mass is 35.5. The first-order valence-corrected chi connectivity index (χ1v) is 14.6. The lowest BCUT2D eigenvalue weighted by atomic mass is 10.1. The lowest BCUT2D eigenvalue weighted by Crippen LogP contribution is -2.30. The molecule has 0 aliphatic heterocycles. The lowest BCUT2D eigenvalue weighted by molar-refractivity contribution is -0.114. The molecule has 0 bridgehead atoms. The molecule has 43 heavy (non-hydrogen) atoms. The third-order valence-electron chi connectivity index (χ3n) is 5.95. The van der Waals surface area contributed by atoms with Gasteiger partial charge in [-0.15, -0.1) is 11.8 Å². The third kappa shape index (κ3) is 9.02. The van der Waals surface area contributed by atoms with Gasteiger partial charge in [0.1, 0.15) is 17.2 Å². The van der Waals surface area contributed by atoms with Crippen molar-refractivity contribution in [3.63, 3.8) is 0 Å². The molecule has 0 unspecified atom stereocenters. The van der Waals surface area contributed by atoms with Gasteiger partial charge in [-0.1, -0.05) is 41.4 Å². The van der Waals surface area contributed by atoms with E-state index >= 15 is 0 Å². The fraction of sp³-hybridized carbons (Fsp3) is 0.0938. The topological polar surface area (TPSA) is 106 Å². The molecule has 0 saturated carbocycles. The summed E-state index contributed by atoms with van der Waals surface area (Å²) in [6, 6.07) is 25.5. The van der Waals surface area contributed by atoms with Crippen LogP contribution in [0.5, 0.6) is 11.5 Å². The first kappa shape index (κ1) is 31.5. The minimum Gasteiger partial charge on any atom is -0.497 e. The summed E-state index contributed by atoms with van der Waals surface area (Å²) in [7, 11) is 3.04. The summed E-state index contributed by atoms with van der Waals surface area (Å²) in [4.78, 5) is 39.6. The highest BCUT2D eigenvalue weighted by Gasteiger charge is 2.17. The smallest absolute Gasteiger partial charge is 0.272 e. The Labute approximate surface area is 263 Å². The van der Waals surface area contributed by atoms with Gasteiger partial charge in [0.15, 0.2) is 0 Å². The molecule has 0 saturated heterocycles. The molecule has 0 fully saturated rings. The highest BCUT2D eigenvalue weighted by molar-refractivity contribution is 8.00. The Kier molecular flexibility index (Phi) is 11.1. The normalized spacial score (nSPS) is 10.9. The predicted octanol–water partition coefficient (Wildman–Crippen LogP) is 7.15. The third-order valence-corrected chi connectivity index (χ3v) is 7.51. The summed E-state index contributed by atoms with van der Waals surface area (Å²) >= 11 is 13.3. The molecule has 4 aromatic carbocycles. The number of anilines is 2. The molecule has 3 amide bonds. The monoisotopic (exact) mass is 635 g/mol. The zero-order valence-corrected chi connectivity index (χ0v) is 25.5. The van der Waals surface area contributed by atoms with E-state index in [0.29, 0.717) is 44.0 Å². The van der Waals surface area contributed by atoms with Crippen LogP contribution in [0, 0.1) is 0 Å². The van der Waals surface area contributed by atoms with Crippen LogP contribution in [0.4, 0.5) is 11.4 Å². The molecule has 0 radical (unpaired) electrons. The Morgan fingerprint density at radius 3 is 2.26 bits per heavy atom. The molecule has 0 spiro atoms. The minimum absolute atomic E-state index is 0.00334. The molecule has 11 heteroatoms. The highest BCUT2D eigenvalue weighted by Crippen LogP contribution is 2.28. The fourth-order valence-corrected chi connectivity index (χ4v) is 4.96. The number of rotatable bonds is 11. The van der Waals surface area contributed by atoms with Crippen molar-refractivity contribution < 1.29 is 23.9 Å². The molecular formula is C32H27Cl2N3O5S. The number of amides is 3. The Morgan fingerprint density at radius 2 is 1.58 bits per heavy atom. The molecular weight excluding hydrogens is 609 g/mol. The van der Waals surface area contributed by atoms with E-state index < -0.39 is 11.8 Å². The molecule has 220 valence electrons. The van der Waals surface area contributed by atoms with Gasteiger partial charge in [0.05, 0.1) is 30.7 Å². The number of carbonyl (C=O) groups excluding carboxylic acids is 3. The maximum Gasteiger partial charge on any atom is 0.272 e. The van der Waals surface area contributed by atoms with E-state index in [4.69, 9.17) is 32.7 Å². The van der Waals surface area contributed by atoms with Crippen LogP contribution in [-0.4, -0.2) is 37.7 Å². The van der Waals surface area contributed by atoms with Gasteiger partial charge in [0.25, 0.3) is 11.8 Å². The number of benzene rings is 4. The van der Waals surface area contributed by atoms with Crippen molar-refractivity contribution in [2.75, 3.05) is 30.6 Å². The van der Waals surface area contributed by atoms with Crippen molar-refractivity contribution in [1.29, 1.82) is 0 Å². The number of nitrogens with one attached hydrogen (secondary N) is 3. The van der Waals surface area contributed by atoms with E-state index in [1.807, 2.05) is 0 Å². The van der Waals surface area contributed by atoms with Crippen molar-refractivity contribution >= 4 is 70.1 Å². The molecule has 4 aromatic rings. The average Bonchev–Trinajstić information content (AvgIpc) is 3.02. The van der Waals surface area contributed by atoms with Crippen molar-refractivity contribution in [2.45, 2.75) is 4.90 Å². The summed E-state index contributed by atoms with van der Waals surface area (Å²) < 4.78 is 10.8. The summed E-state index contributed by atoms with van der Waals surface area (Å²) in [6.45, 7) is 0. The number of hydrogen-bond donors (Lipinski definition) is 3. The number of thioether (sulfide) groups is 1. The van der Waals surface area contributed by atoms with Crippen molar-refractivity contribution in [1.82, 2.24) is 5.32 Å². The molecule has 0 aliphatic rings. The van der Waals surface area contributed by atoms with Gasteiger partial charge in [0.2, 0.25) is 5.91 Å². The van der Waals surface area contributed by atoms with E-state index in [-0.39, 0.29) is 17.4 Å². The summed E-state index contributed by atoms with van der Waals surface area (Å²) in [5.41, 5.74) is 1.89. The Balaban J connectivity index is 1.46. The lowest BCUT2D eigenvalue weighted by Gasteiger charge is -2.13. The minimum atomic E-state index is -0.547. The van der Waals surface area contributed by atoms with E-state index in [9.17, 15) is 14.4 Å². The first-order chi connectivity index (χ1) is 20.7. The van der Waals surface area contributed by atoms with Gasteiger partial charge in [-0.2, -0.15) is 0 Å². The number of hydrogen-bond acceptors (Lipinski definition) is 6. The van der Waals surface area contributed by atoms with E-state index in [1.54, 1.807) is 91.0 Å². The molecule has 3 N–H and O–H groups in total. The molecule has 0 aromatic heterocycles. The average molecular weight is 637 g/mol. The van der Waals surface area contributed by atoms with Gasteiger partial charge in [-0.25, -0.2) is 0 Å². The van der Waals surface area contributed by atoms with Gasteiger partial charge in [-0.3, -0.25) is 14.4 Å². The number of ether oxygens (including phenoxy) is 2. The van der Waals surface area contributed by atoms with Crippen LogP contribution in [0.2, 0.25) is 10.0 Å². The van der Waals surface area contributed by atoms with Crippen LogP contribution in [0.25, 0.3) is 6.08 Å². The Hall–Kier alpha value is -4.44. The van der Waals surface area contributed by atoms with Crippen LogP contribution >= 0.6 is 35.0 Å². The van der Waals surface area contributed by atoms with Crippen LogP contribution in [0.15, 0.2) is 102 Å². The Morgan fingerprint density at radius 1 is 0.837 bits per heavy atom. The number of halogens is 2. The van der Waals surface area contributed by atoms with E-state index in [1.165, 1.54) is 32.1 Å². The maximum atomic E-state index is 13.4. The second-order valence-corrected chi connectivity index (χ2v) is 10.8. The SMILES string of the molecule is COc1ccc(OC)c(/C=C(\NC(=O)c2ccccc2)C(=O)Nc2ccc(SCC(=O)Nc3ccc(Cl)cc3Cl)cc2)c1. The Bertz CT molecular complexity index is 1650. The van der Waals surface area contributed by atoms with Crippen LogP contribution < -0.4 is 25.4 Å². The van der Waals surface area contributed by atoms with Crippen LogP contribution in [0.3, 0.4) is 0 Å². The first-order valence-electron chi connectivity index (χ1n) is 12.8. The fourth-order valence-electron chi connectivity index (χ4n) is 3.81. The molecule has 0 heterocycles. The van der Waals surface area contributed by atoms with Gasteiger partial charge in [-0.05, 0) is 78.9 Å². The van der Waals surface area contributed by atoms with Crippen molar-refractivity contribution in [2.24, 2.45) is 0 Å². The van der Waals surface area contributed by atoms with Gasteiger partial charge in [0, 0.05) is 26.7 Å². The predicted molar refractivity (Wildman–Crippen MR) is 172 cm³/mol. The summed E-state index contributed by atoms with van der Waals surface area (Å²) in [5, 5.41) is 9.11. The molecule has 0 atom stereocenters. The summed E-state index contributed by atoms with van der Waals surface area (Å²) in [6.07, 6.45) is 1.52.